The molecule has 2 fully saturated rings. The van der Waals surface area contributed by atoms with Crippen LogP contribution in [0.2, 0.25) is 0 Å². The number of ether oxygens (including phenoxy) is 2. The van der Waals surface area contributed by atoms with E-state index in [9.17, 15) is 19.5 Å². The zero-order valence-electron chi connectivity index (χ0n) is 12.7. The number of amides is 1. The van der Waals surface area contributed by atoms with E-state index in [0.29, 0.717) is 12.8 Å². The van der Waals surface area contributed by atoms with Gasteiger partial charge in [0.1, 0.15) is 5.60 Å². The van der Waals surface area contributed by atoms with Gasteiger partial charge in [-0.3, -0.25) is 9.59 Å². The maximum absolute atomic E-state index is 12.3. The molecule has 0 radical (unpaired) electrons. The van der Waals surface area contributed by atoms with E-state index in [1.54, 1.807) is 20.8 Å². The lowest BCUT2D eigenvalue weighted by Crippen LogP contribution is -2.41. The third-order valence-corrected chi connectivity index (χ3v) is 4.05. The van der Waals surface area contributed by atoms with Gasteiger partial charge in [0.25, 0.3) is 0 Å². The average molecular weight is 299 g/mol. The number of aliphatic carboxylic acids is 1. The van der Waals surface area contributed by atoms with Crippen molar-refractivity contribution in [3.63, 3.8) is 0 Å². The van der Waals surface area contributed by atoms with E-state index in [0.717, 1.165) is 0 Å². The van der Waals surface area contributed by atoms with E-state index in [4.69, 9.17) is 9.47 Å². The SMILES string of the molecule is COC(=O)C1C(C(=O)O)C2CCC1N2C(=O)OC(C)(C)C. The zero-order chi connectivity index (χ0) is 15.9. The number of esters is 1. The minimum Gasteiger partial charge on any atom is -0.481 e. The number of carbonyl (C=O) groups is 3. The van der Waals surface area contributed by atoms with Crippen LogP contribution in [0.4, 0.5) is 4.79 Å². The fraction of sp³-hybridized carbons (Fsp3) is 0.786. The first-order valence-electron chi connectivity index (χ1n) is 6.99. The molecule has 2 heterocycles. The van der Waals surface area contributed by atoms with Crippen molar-refractivity contribution in [3.8, 4) is 0 Å². The van der Waals surface area contributed by atoms with Crippen molar-refractivity contribution in [1.82, 2.24) is 4.90 Å². The van der Waals surface area contributed by atoms with Crippen molar-refractivity contribution < 1.29 is 29.0 Å². The Hall–Kier alpha value is -1.79. The van der Waals surface area contributed by atoms with Crippen LogP contribution in [0.25, 0.3) is 0 Å². The van der Waals surface area contributed by atoms with E-state index in [1.165, 1.54) is 12.0 Å². The Labute approximate surface area is 123 Å². The quantitative estimate of drug-likeness (QED) is 0.772. The highest BCUT2D eigenvalue weighted by molar-refractivity contribution is 5.86. The first-order chi connectivity index (χ1) is 9.67. The summed E-state index contributed by atoms with van der Waals surface area (Å²) in [6.45, 7) is 5.24. The van der Waals surface area contributed by atoms with Crippen molar-refractivity contribution in [2.24, 2.45) is 11.8 Å². The second-order valence-electron chi connectivity index (χ2n) is 6.51. The van der Waals surface area contributed by atoms with Crippen LogP contribution < -0.4 is 0 Å². The molecule has 0 aliphatic carbocycles. The number of fused-ring (bicyclic) bond motifs is 2. The van der Waals surface area contributed by atoms with Crippen molar-refractivity contribution in [2.45, 2.75) is 51.3 Å². The van der Waals surface area contributed by atoms with Crippen molar-refractivity contribution in [2.75, 3.05) is 7.11 Å². The van der Waals surface area contributed by atoms with Gasteiger partial charge in [0.05, 0.1) is 18.9 Å². The lowest BCUT2D eigenvalue weighted by molar-refractivity contribution is -0.156. The highest BCUT2D eigenvalue weighted by Crippen LogP contribution is 2.47. The molecule has 2 saturated heterocycles. The minimum atomic E-state index is -1.08. The molecule has 0 aromatic carbocycles. The monoisotopic (exact) mass is 299 g/mol. The maximum Gasteiger partial charge on any atom is 0.410 e. The van der Waals surface area contributed by atoms with Gasteiger partial charge in [-0.05, 0) is 33.6 Å². The van der Waals surface area contributed by atoms with Crippen LogP contribution in [0, 0.1) is 11.8 Å². The molecule has 0 aromatic heterocycles. The number of carboxylic acid groups (broad SMARTS) is 1. The van der Waals surface area contributed by atoms with E-state index < -0.39 is 47.6 Å². The molecule has 21 heavy (non-hydrogen) atoms. The number of nitrogens with zero attached hydrogens (tertiary/aromatic N) is 1. The second-order valence-corrected chi connectivity index (χ2v) is 6.51. The molecule has 2 aliphatic heterocycles. The molecule has 2 rings (SSSR count). The van der Waals surface area contributed by atoms with Crippen molar-refractivity contribution in [3.05, 3.63) is 0 Å². The van der Waals surface area contributed by atoms with Crippen LogP contribution in [0.15, 0.2) is 0 Å². The molecule has 118 valence electrons. The van der Waals surface area contributed by atoms with E-state index in [2.05, 4.69) is 0 Å². The predicted octanol–water partition coefficient (Wildman–Crippen LogP) is 1.26. The summed E-state index contributed by atoms with van der Waals surface area (Å²) in [5.74, 6) is -3.41. The Balaban J connectivity index is 2.28. The largest absolute Gasteiger partial charge is 0.481 e. The fourth-order valence-corrected chi connectivity index (χ4v) is 3.39. The van der Waals surface area contributed by atoms with Crippen molar-refractivity contribution in [1.29, 1.82) is 0 Å². The Morgan fingerprint density at radius 1 is 1.10 bits per heavy atom. The summed E-state index contributed by atoms with van der Waals surface area (Å²) in [6.07, 6.45) is 0.592. The number of rotatable bonds is 2. The van der Waals surface area contributed by atoms with Gasteiger partial charge in [0.2, 0.25) is 0 Å². The normalized spacial score (nSPS) is 31.1. The Kier molecular flexibility index (Phi) is 3.86. The summed E-state index contributed by atoms with van der Waals surface area (Å²) in [5, 5.41) is 9.40. The molecule has 0 spiro atoms. The lowest BCUT2D eigenvalue weighted by atomic mass is 9.79. The molecule has 4 atom stereocenters. The Morgan fingerprint density at radius 2 is 1.62 bits per heavy atom. The van der Waals surface area contributed by atoms with Gasteiger partial charge >= 0.3 is 18.0 Å². The van der Waals surface area contributed by atoms with Crippen LogP contribution in [0.1, 0.15) is 33.6 Å². The molecule has 2 aliphatic rings. The number of carbonyl (C=O) groups excluding carboxylic acids is 2. The summed E-state index contributed by atoms with van der Waals surface area (Å²) in [6, 6.07) is -0.968. The Bertz CT molecular complexity index is 469. The van der Waals surface area contributed by atoms with E-state index in [-0.39, 0.29) is 0 Å². The van der Waals surface area contributed by atoms with Gasteiger partial charge in [-0.15, -0.1) is 0 Å². The molecular weight excluding hydrogens is 278 g/mol. The molecule has 0 aromatic rings. The van der Waals surface area contributed by atoms with Crippen LogP contribution in [-0.4, -0.2) is 52.8 Å². The van der Waals surface area contributed by atoms with Gasteiger partial charge in [-0.2, -0.15) is 0 Å². The average Bonchev–Trinajstić information content (AvgIpc) is 2.90. The summed E-state index contributed by atoms with van der Waals surface area (Å²) in [7, 11) is 1.23. The number of carboxylic acids is 1. The smallest absolute Gasteiger partial charge is 0.410 e. The molecule has 2 bridgehead atoms. The molecule has 1 N–H and O–H groups in total. The molecule has 4 unspecified atom stereocenters. The first-order valence-corrected chi connectivity index (χ1v) is 6.99. The topological polar surface area (TPSA) is 93.1 Å². The Morgan fingerprint density at radius 3 is 2.05 bits per heavy atom. The molecule has 7 heteroatoms. The zero-order valence-corrected chi connectivity index (χ0v) is 12.7. The maximum atomic E-state index is 12.3. The highest BCUT2D eigenvalue weighted by Gasteiger charge is 2.61. The molecular formula is C14H21NO6. The number of hydrogen-bond donors (Lipinski definition) is 1. The van der Waals surface area contributed by atoms with Gasteiger partial charge in [-0.25, -0.2) is 4.79 Å². The van der Waals surface area contributed by atoms with Crippen LogP contribution >= 0.6 is 0 Å². The third kappa shape index (κ3) is 2.69. The first kappa shape index (κ1) is 15.6. The van der Waals surface area contributed by atoms with Gasteiger partial charge in [-0.1, -0.05) is 0 Å². The van der Waals surface area contributed by atoms with E-state index in [1.807, 2.05) is 0 Å². The fourth-order valence-electron chi connectivity index (χ4n) is 3.39. The number of hydrogen-bond acceptors (Lipinski definition) is 5. The van der Waals surface area contributed by atoms with E-state index >= 15 is 0 Å². The molecule has 0 saturated carbocycles. The van der Waals surface area contributed by atoms with Gasteiger partial charge in [0, 0.05) is 12.1 Å². The van der Waals surface area contributed by atoms with Crippen LogP contribution in [0.5, 0.6) is 0 Å². The standard InChI is InChI=1S/C14H21NO6/c1-14(2,3)21-13(19)15-7-5-6-8(15)10(12(18)20-4)9(7)11(16)17/h7-10H,5-6H2,1-4H3,(H,16,17). The second kappa shape index (κ2) is 5.20. The van der Waals surface area contributed by atoms with Gasteiger partial charge < -0.3 is 19.5 Å². The summed E-state index contributed by atoms with van der Waals surface area (Å²) in [5.41, 5.74) is -0.668. The van der Waals surface area contributed by atoms with Gasteiger partial charge in [0.15, 0.2) is 0 Å². The summed E-state index contributed by atoms with van der Waals surface area (Å²) in [4.78, 5) is 37.1. The lowest BCUT2D eigenvalue weighted by Gasteiger charge is -2.27. The number of methoxy groups -OCH3 is 1. The summed E-state index contributed by atoms with van der Waals surface area (Å²) >= 11 is 0. The summed E-state index contributed by atoms with van der Waals surface area (Å²) < 4.78 is 10.0. The van der Waals surface area contributed by atoms with Crippen LogP contribution in [0.3, 0.4) is 0 Å². The minimum absolute atomic E-state index is 0.460. The highest BCUT2D eigenvalue weighted by atomic mass is 16.6. The predicted molar refractivity (Wildman–Crippen MR) is 71.5 cm³/mol. The third-order valence-electron chi connectivity index (χ3n) is 4.05. The van der Waals surface area contributed by atoms with Crippen LogP contribution in [-0.2, 0) is 19.1 Å². The molecule has 1 amide bonds. The van der Waals surface area contributed by atoms with Crippen molar-refractivity contribution >= 4 is 18.0 Å². The molecule has 7 nitrogen and oxygen atoms in total.